The SMILES string of the molecule is COC(=O)c1ccc(OC)cc1OCc1nc(-c2ccccc2)no1. The van der Waals surface area contributed by atoms with E-state index in [9.17, 15) is 4.79 Å². The van der Waals surface area contributed by atoms with Crippen LogP contribution >= 0.6 is 0 Å². The first-order chi connectivity index (χ1) is 12.2. The zero-order chi connectivity index (χ0) is 17.6. The number of methoxy groups -OCH3 is 2. The molecule has 0 aliphatic rings. The molecule has 0 saturated heterocycles. The van der Waals surface area contributed by atoms with Gasteiger partial charge in [0.15, 0.2) is 6.61 Å². The van der Waals surface area contributed by atoms with E-state index >= 15 is 0 Å². The van der Waals surface area contributed by atoms with Crippen LogP contribution in [0.15, 0.2) is 53.1 Å². The molecule has 0 bridgehead atoms. The molecule has 25 heavy (non-hydrogen) atoms. The van der Waals surface area contributed by atoms with Crippen LogP contribution in [0.3, 0.4) is 0 Å². The van der Waals surface area contributed by atoms with E-state index in [0.29, 0.717) is 17.3 Å². The fourth-order valence-electron chi connectivity index (χ4n) is 2.19. The van der Waals surface area contributed by atoms with Crippen LogP contribution in [-0.2, 0) is 11.3 Å². The molecule has 2 aromatic carbocycles. The van der Waals surface area contributed by atoms with E-state index in [2.05, 4.69) is 10.1 Å². The average molecular weight is 340 g/mol. The van der Waals surface area contributed by atoms with Gasteiger partial charge < -0.3 is 18.7 Å². The van der Waals surface area contributed by atoms with E-state index in [1.807, 2.05) is 30.3 Å². The van der Waals surface area contributed by atoms with Crippen LogP contribution in [0.1, 0.15) is 16.2 Å². The maximum atomic E-state index is 11.8. The number of nitrogens with zero attached hydrogens (tertiary/aromatic N) is 2. The fraction of sp³-hybridized carbons (Fsp3) is 0.167. The molecule has 0 spiro atoms. The highest BCUT2D eigenvalue weighted by atomic mass is 16.5. The zero-order valence-electron chi connectivity index (χ0n) is 13.8. The van der Waals surface area contributed by atoms with Crippen molar-refractivity contribution in [3.8, 4) is 22.9 Å². The van der Waals surface area contributed by atoms with Gasteiger partial charge in [0.25, 0.3) is 5.89 Å². The molecule has 0 aliphatic heterocycles. The van der Waals surface area contributed by atoms with Gasteiger partial charge in [-0.3, -0.25) is 0 Å². The molecule has 0 unspecified atom stereocenters. The van der Waals surface area contributed by atoms with E-state index in [4.69, 9.17) is 18.7 Å². The Balaban J connectivity index is 1.77. The van der Waals surface area contributed by atoms with Gasteiger partial charge in [-0.25, -0.2) is 4.79 Å². The van der Waals surface area contributed by atoms with Crippen molar-refractivity contribution in [3.63, 3.8) is 0 Å². The van der Waals surface area contributed by atoms with Crippen molar-refractivity contribution in [3.05, 3.63) is 60.0 Å². The lowest BCUT2D eigenvalue weighted by Gasteiger charge is -2.10. The van der Waals surface area contributed by atoms with Crippen molar-refractivity contribution in [1.29, 1.82) is 0 Å². The van der Waals surface area contributed by atoms with Crippen LogP contribution in [0.2, 0.25) is 0 Å². The monoisotopic (exact) mass is 340 g/mol. The fourth-order valence-corrected chi connectivity index (χ4v) is 2.19. The lowest BCUT2D eigenvalue weighted by atomic mass is 10.2. The third kappa shape index (κ3) is 3.77. The Hall–Kier alpha value is -3.35. The van der Waals surface area contributed by atoms with E-state index in [1.165, 1.54) is 14.2 Å². The summed E-state index contributed by atoms with van der Waals surface area (Å²) < 4.78 is 20.8. The van der Waals surface area contributed by atoms with Crippen LogP contribution in [0, 0.1) is 0 Å². The summed E-state index contributed by atoms with van der Waals surface area (Å²) in [4.78, 5) is 16.1. The smallest absolute Gasteiger partial charge is 0.341 e. The number of hydrogen-bond acceptors (Lipinski definition) is 7. The van der Waals surface area contributed by atoms with Gasteiger partial charge in [0.05, 0.1) is 14.2 Å². The van der Waals surface area contributed by atoms with Crippen molar-refractivity contribution < 1.29 is 23.5 Å². The minimum Gasteiger partial charge on any atom is -0.497 e. The average Bonchev–Trinajstić information content (AvgIpc) is 3.15. The standard InChI is InChI=1S/C18H16N2O5/c1-22-13-8-9-14(18(21)23-2)15(10-13)24-11-16-19-17(20-25-16)12-6-4-3-5-7-12/h3-10H,11H2,1-2H3. The predicted octanol–water partition coefficient (Wildman–Crippen LogP) is 3.11. The maximum absolute atomic E-state index is 11.8. The lowest BCUT2D eigenvalue weighted by Crippen LogP contribution is -2.06. The molecule has 1 aromatic heterocycles. The van der Waals surface area contributed by atoms with Crippen LogP contribution in [0.5, 0.6) is 11.5 Å². The number of esters is 1. The summed E-state index contributed by atoms with van der Waals surface area (Å²) in [7, 11) is 2.83. The quantitative estimate of drug-likeness (QED) is 0.637. The Kier molecular flexibility index (Phi) is 4.94. The number of rotatable bonds is 6. The van der Waals surface area contributed by atoms with Crippen molar-refractivity contribution in [1.82, 2.24) is 10.1 Å². The number of ether oxygens (including phenoxy) is 3. The normalized spacial score (nSPS) is 10.3. The van der Waals surface area contributed by atoms with E-state index in [0.717, 1.165) is 5.56 Å². The van der Waals surface area contributed by atoms with Crippen molar-refractivity contribution in [2.45, 2.75) is 6.61 Å². The second-order valence-electron chi connectivity index (χ2n) is 5.02. The molecule has 1 heterocycles. The van der Waals surface area contributed by atoms with Gasteiger partial charge in [0, 0.05) is 11.6 Å². The molecule has 0 fully saturated rings. The number of aromatic nitrogens is 2. The Morgan fingerprint density at radius 2 is 1.92 bits per heavy atom. The minimum atomic E-state index is -0.506. The topological polar surface area (TPSA) is 83.7 Å². The molecule has 0 aliphatic carbocycles. The molecule has 128 valence electrons. The van der Waals surface area contributed by atoms with Gasteiger partial charge in [-0.15, -0.1) is 0 Å². The maximum Gasteiger partial charge on any atom is 0.341 e. The van der Waals surface area contributed by atoms with Gasteiger partial charge in [0.1, 0.15) is 17.1 Å². The first kappa shape index (κ1) is 16.5. The number of carbonyl (C=O) groups is 1. The zero-order valence-corrected chi connectivity index (χ0v) is 13.8. The van der Waals surface area contributed by atoms with Crippen molar-refractivity contribution in [2.24, 2.45) is 0 Å². The van der Waals surface area contributed by atoms with Gasteiger partial charge in [0.2, 0.25) is 5.82 Å². The molecule has 7 heteroatoms. The van der Waals surface area contributed by atoms with E-state index < -0.39 is 5.97 Å². The van der Waals surface area contributed by atoms with Crippen LogP contribution in [0.25, 0.3) is 11.4 Å². The Labute approximate surface area is 144 Å². The molecule has 0 N–H and O–H groups in total. The molecular formula is C18H16N2O5. The third-order valence-corrected chi connectivity index (χ3v) is 3.45. The van der Waals surface area contributed by atoms with Crippen molar-refractivity contribution >= 4 is 5.97 Å². The highest BCUT2D eigenvalue weighted by molar-refractivity contribution is 5.92. The van der Waals surface area contributed by atoms with Gasteiger partial charge in [-0.1, -0.05) is 35.5 Å². The van der Waals surface area contributed by atoms with E-state index in [-0.39, 0.29) is 18.1 Å². The first-order valence-corrected chi connectivity index (χ1v) is 7.48. The van der Waals surface area contributed by atoms with Crippen LogP contribution < -0.4 is 9.47 Å². The first-order valence-electron chi connectivity index (χ1n) is 7.48. The third-order valence-electron chi connectivity index (χ3n) is 3.45. The second-order valence-corrected chi connectivity index (χ2v) is 5.02. The summed E-state index contributed by atoms with van der Waals surface area (Å²) in [6.45, 7) is 0.0109. The molecule has 0 amide bonds. The molecular weight excluding hydrogens is 324 g/mol. The summed E-state index contributed by atoms with van der Waals surface area (Å²) in [5.74, 6) is 1.12. The Bertz CT molecular complexity index is 861. The number of hydrogen-bond donors (Lipinski definition) is 0. The van der Waals surface area contributed by atoms with Crippen LogP contribution in [0.4, 0.5) is 0 Å². The molecule has 0 radical (unpaired) electrons. The largest absolute Gasteiger partial charge is 0.497 e. The predicted molar refractivity (Wildman–Crippen MR) is 88.4 cm³/mol. The minimum absolute atomic E-state index is 0.0109. The molecule has 0 saturated carbocycles. The second kappa shape index (κ2) is 7.48. The summed E-state index contributed by atoms with van der Waals surface area (Å²) >= 11 is 0. The molecule has 0 atom stereocenters. The van der Waals surface area contributed by atoms with Gasteiger partial charge in [-0.2, -0.15) is 4.98 Å². The Morgan fingerprint density at radius 3 is 2.64 bits per heavy atom. The molecule has 3 rings (SSSR count). The summed E-state index contributed by atoms with van der Waals surface area (Å²) in [6.07, 6.45) is 0. The highest BCUT2D eigenvalue weighted by Crippen LogP contribution is 2.26. The Morgan fingerprint density at radius 1 is 1.12 bits per heavy atom. The van der Waals surface area contributed by atoms with Gasteiger partial charge in [-0.05, 0) is 12.1 Å². The van der Waals surface area contributed by atoms with E-state index in [1.54, 1.807) is 18.2 Å². The van der Waals surface area contributed by atoms with Crippen molar-refractivity contribution in [2.75, 3.05) is 14.2 Å². The summed E-state index contributed by atoms with van der Waals surface area (Å²) in [5, 5.41) is 3.92. The van der Waals surface area contributed by atoms with Crippen LogP contribution in [-0.4, -0.2) is 30.3 Å². The molecule has 3 aromatic rings. The van der Waals surface area contributed by atoms with Gasteiger partial charge >= 0.3 is 5.97 Å². The number of benzene rings is 2. The highest BCUT2D eigenvalue weighted by Gasteiger charge is 2.16. The lowest BCUT2D eigenvalue weighted by molar-refractivity contribution is 0.0594. The summed E-state index contributed by atoms with van der Waals surface area (Å²) in [6, 6.07) is 14.3. The summed E-state index contributed by atoms with van der Waals surface area (Å²) in [5.41, 5.74) is 1.13. The molecule has 7 nitrogen and oxygen atoms in total. The number of carbonyl (C=O) groups excluding carboxylic acids is 1.